The molecule has 0 radical (unpaired) electrons. The van der Waals surface area contributed by atoms with Crippen molar-refractivity contribution in [1.29, 1.82) is 0 Å². The highest BCUT2D eigenvalue weighted by Crippen LogP contribution is 2.25. The molecule has 0 saturated carbocycles. The molecule has 1 aromatic heterocycles. The third-order valence-electron chi connectivity index (χ3n) is 5.08. The van der Waals surface area contributed by atoms with Crippen LogP contribution in [0.2, 0.25) is 0 Å². The Balaban J connectivity index is 1.82. The van der Waals surface area contributed by atoms with Crippen LogP contribution in [0, 0.1) is 0 Å². The van der Waals surface area contributed by atoms with Gasteiger partial charge >= 0.3 is 5.97 Å². The lowest BCUT2D eigenvalue weighted by Gasteiger charge is -2.13. The van der Waals surface area contributed by atoms with Crippen molar-refractivity contribution in [2.75, 3.05) is 4.72 Å². The van der Waals surface area contributed by atoms with E-state index in [-0.39, 0.29) is 15.0 Å². The molecule has 1 atom stereocenters. The largest absolute Gasteiger partial charge is 0.476 e. The average molecular weight is 454 g/mol. The molecule has 0 fully saturated rings. The van der Waals surface area contributed by atoms with E-state index >= 15 is 0 Å². The van der Waals surface area contributed by atoms with Gasteiger partial charge in [-0.1, -0.05) is 88.7 Å². The van der Waals surface area contributed by atoms with Crippen LogP contribution in [0.15, 0.2) is 29.2 Å². The Kier molecular flexibility index (Phi) is 9.71. The third kappa shape index (κ3) is 7.68. The Hall–Kier alpha value is -2.00. The summed E-state index contributed by atoms with van der Waals surface area (Å²) < 4.78 is 27.2. The van der Waals surface area contributed by atoms with Gasteiger partial charge in [0, 0.05) is 0 Å². The van der Waals surface area contributed by atoms with Gasteiger partial charge in [-0.2, -0.15) is 0 Å². The van der Waals surface area contributed by atoms with Crippen molar-refractivity contribution >= 4 is 32.5 Å². The van der Waals surface area contributed by atoms with Gasteiger partial charge in [-0.15, -0.1) is 10.2 Å². The normalized spacial score (nSPS) is 12.6. The molecule has 0 aliphatic heterocycles. The van der Waals surface area contributed by atoms with E-state index in [0.717, 1.165) is 12.0 Å². The molecular weight excluding hydrogens is 422 g/mol. The van der Waals surface area contributed by atoms with Crippen LogP contribution in [0.25, 0.3) is 0 Å². The molecule has 1 heterocycles. The third-order valence-corrected chi connectivity index (χ3v) is 7.39. The van der Waals surface area contributed by atoms with Gasteiger partial charge in [0.2, 0.25) is 10.1 Å². The molecule has 0 amide bonds. The second-order valence-corrected chi connectivity index (χ2v) is 10.2. The monoisotopic (exact) mass is 453 g/mol. The zero-order valence-corrected chi connectivity index (χ0v) is 19.3. The number of nitrogens with one attached hydrogen (secondary N) is 1. The highest BCUT2D eigenvalue weighted by atomic mass is 32.2. The van der Waals surface area contributed by atoms with Crippen molar-refractivity contribution in [3.05, 3.63) is 34.8 Å². The molecule has 2 aromatic rings. The molecule has 7 nitrogen and oxygen atoms in total. The molecule has 0 spiro atoms. The van der Waals surface area contributed by atoms with Gasteiger partial charge in [0.05, 0.1) is 4.90 Å². The summed E-state index contributed by atoms with van der Waals surface area (Å²) in [6.07, 6.45) is 11.4. The highest BCUT2D eigenvalue weighted by molar-refractivity contribution is 7.93. The summed E-state index contributed by atoms with van der Waals surface area (Å²) >= 11 is 0.677. The SMILES string of the molecule is CCCCCCCCCCC(C)c1ccc(S(=O)(=O)Nc2nnc(C(=O)O)s2)cc1. The Labute approximate surface area is 183 Å². The first-order valence-corrected chi connectivity index (χ1v) is 12.8. The minimum atomic E-state index is -3.84. The number of carboxylic acids is 1. The number of rotatable bonds is 14. The minimum absolute atomic E-state index is 0.0699. The van der Waals surface area contributed by atoms with Gasteiger partial charge in [-0.25, -0.2) is 13.2 Å². The smallest absolute Gasteiger partial charge is 0.367 e. The van der Waals surface area contributed by atoms with Gasteiger partial charge in [-0.3, -0.25) is 4.72 Å². The predicted octanol–water partition coefficient (Wildman–Crippen LogP) is 5.67. The fourth-order valence-corrected chi connectivity index (χ4v) is 5.06. The van der Waals surface area contributed by atoms with Crippen LogP contribution in [-0.4, -0.2) is 29.7 Å². The van der Waals surface area contributed by atoms with Crippen molar-refractivity contribution in [2.45, 2.75) is 82.4 Å². The van der Waals surface area contributed by atoms with Crippen molar-refractivity contribution in [1.82, 2.24) is 10.2 Å². The summed E-state index contributed by atoms with van der Waals surface area (Å²) in [6, 6.07) is 6.82. The van der Waals surface area contributed by atoms with E-state index < -0.39 is 16.0 Å². The topological polar surface area (TPSA) is 109 Å². The maximum absolute atomic E-state index is 12.5. The Morgan fingerprint density at radius 3 is 2.20 bits per heavy atom. The summed E-state index contributed by atoms with van der Waals surface area (Å²) in [7, 11) is -3.84. The zero-order chi connectivity index (χ0) is 22.0. The number of benzene rings is 1. The molecule has 2 rings (SSSR count). The second kappa shape index (κ2) is 12.0. The van der Waals surface area contributed by atoms with Crippen molar-refractivity contribution in [3.8, 4) is 0 Å². The Morgan fingerprint density at radius 2 is 1.63 bits per heavy atom. The molecule has 0 saturated heterocycles. The molecule has 2 N–H and O–H groups in total. The molecule has 0 aliphatic carbocycles. The van der Waals surface area contributed by atoms with Gasteiger partial charge in [0.25, 0.3) is 10.0 Å². The maximum Gasteiger partial charge on any atom is 0.367 e. The number of nitrogens with zero attached hydrogens (tertiary/aromatic N) is 2. The van der Waals surface area contributed by atoms with E-state index in [1.54, 1.807) is 12.1 Å². The zero-order valence-electron chi connectivity index (χ0n) is 17.6. The van der Waals surface area contributed by atoms with Crippen LogP contribution in [0.3, 0.4) is 0 Å². The highest BCUT2D eigenvalue weighted by Gasteiger charge is 2.19. The van der Waals surface area contributed by atoms with Gasteiger partial charge in [-0.05, 0) is 30.0 Å². The van der Waals surface area contributed by atoms with E-state index in [1.807, 2.05) is 12.1 Å². The molecule has 30 heavy (non-hydrogen) atoms. The number of unbranched alkanes of at least 4 members (excludes halogenated alkanes) is 7. The standard InChI is InChI=1S/C21H31N3O4S2/c1-3-4-5-6-7-8-9-10-11-16(2)17-12-14-18(15-13-17)30(27,28)24-21-23-22-19(29-21)20(25)26/h12-16H,3-11H2,1-2H3,(H,23,24)(H,25,26). The summed E-state index contributed by atoms with van der Waals surface area (Å²) in [4.78, 5) is 11.0. The van der Waals surface area contributed by atoms with Crippen molar-refractivity contribution < 1.29 is 18.3 Å². The first kappa shape index (κ1) is 24.3. The van der Waals surface area contributed by atoms with E-state index in [4.69, 9.17) is 5.11 Å². The van der Waals surface area contributed by atoms with Gasteiger partial charge in [0.15, 0.2) is 0 Å². The van der Waals surface area contributed by atoms with Crippen LogP contribution in [0.4, 0.5) is 5.13 Å². The van der Waals surface area contributed by atoms with E-state index in [1.165, 1.54) is 51.4 Å². The Bertz CT molecular complexity index is 895. The lowest BCUT2D eigenvalue weighted by Crippen LogP contribution is -2.12. The summed E-state index contributed by atoms with van der Waals surface area (Å²) in [5, 5.41) is 15.5. The molecular formula is C21H31N3O4S2. The van der Waals surface area contributed by atoms with E-state index in [2.05, 4.69) is 28.8 Å². The van der Waals surface area contributed by atoms with Gasteiger partial charge < -0.3 is 5.11 Å². The van der Waals surface area contributed by atoms with Crippen LogP contribution in [0.5, 0.6) is 0 Å². The molecule has 0 aliphatic rings. The number of sulfonamides is 1. The molecule has 9 heteroatoms. The molecule has 1 unspecified atom stereocenters. The number of carbonyl (C=O) groups is 1. The van der Waals surface area contributed by atoms with Crippen LogP contribution in [0.1, 0.15) is 92.9 Å². The maximum atomic E-state index is 12.5. The summed E-state index contributed by atoms with van der Waals surface area (Å²) in [6.45, 7) is 4.40. The van der Waals surface area contributed by atoms with Crippen LogP contribution >= 0.6 is 11.3 Å². The number of anilines is 1. The predicted molar refractivity (Wildman–Crippen MR) is 120 cm³/mol. The number of aromatic carboxylic acids is 1. The quantitative estimate of drug-likeness (QED) is 0.357. The lowest BCUT2D eigenvalue weighted by atomic mass is 9.95. The fraction of sp³-hybridized carbons (Fsp3) is 0.571. The Morgan fingerprint density at radius 1 is 1.03 bits per heavy atom. The van der Waals surface area contributed by atoms with Crippen molar-refractivity contribution in [3.63, 3.8) is 0 Å². The average Bonchev–Trinajstić information content (AvgIpc) is 3.18. The number of hydrogen-bond donors (Lipinski definition) is 2. The van der Waals surface area contributed by atoms with Crippen LogP contribution < -0.4 is 4.72 Å². The van der Waals surface area contributed by atoms with E-state index in [9.17, 15) is 13.2 Å². The number of carboxylic acid groups (broad SMARTS) is 1. The van der Waals surface area contributed by atoms with Gasteiger partial charge in [0.1, 0.15) is 0 Å². The number of aromatic nitrogens is 2. The summed E-state index contributed by atoms with van der Waals surface area (Å²) in [5.41, 5.74) is 1.11. The second-order valence-electron chi connectivity index (χ2n) is 7.56. The first-order valence-electron chi connectivity index (χ1n) is 10.5. The molecule has 0 bridgehead atoms. The number of hydrogen-bond acceptors (Lipinski definition) is 6. The minimum Gasteiger partial charge on any atom is -0.476 e. The fourth-order valence-electron chi connectivity index (χ4n) is 3.25. The van der Waals surface area contributed by atoms with Crippen molar-refractivity contribution in [2.24, 2.45) is 0 Å². The summed E-state index contributed by atoms with van der Waals surface area (Å²) in [5.74, 6) is -0.871. The first-order chi connectivity index (χ1) is 14.3. The molecule has 166 valence electrons. The lowest BCUT2D eigenvalue weighted by molar-refractivity contribution is 0.0695. The van der Waals surface area contributed by atoms with Crippen LogP contribution in [-0.2, 0) is 10.0 Å². The molecule has 1 aromatic carbocycles. The van der Waals surface area contributed by atoms with E-state index in [0.29, 0.717) is 17.3 Å².